The number of halogens is 4. The number of anilines is 2. The lowest BCUT2D eigenvalue weighted by Gasteiger charge is -2.26. The van der Waals surface area contributed by atoms with Gasteiger partial charge in [0.05, 0.1) is 22.3 Å². The third kappa shape index (κ3) is 6.77. The molecule has 2 N–H and O–H groups in total. The SMILES string of the molecule is O=C(Nc1ccc(-n2cc(CCCCN3CCCCC3)c3ccncc32)cc1)Nc1ccc(Cl)c(C(F)(F)F)c1. The van der Waals surface area contributed by atoms with E-state index in [2.05, 4.69) is 31.3 Å². The number of pyridine rings is 1. The van der Waals surface area contributed by atoms with Crippen LogP contribution in [0.5, 0.6) is 0 Å². The van der Waals surface area contributed by atoms with Crippen molar-refractivity contribution in [1.29, 1.82) is 0 Å². The van der Waals surface area contributed by atoms with E-state index in [1.807, 2.05) is 30.6 Å². The van der Waals surface area contributed by atoms with Gasteiger partial charge in [-0.3, -0.25) is 4.98 Å². The highest BCUT2D eigenvalue weighted by Crippen LogP contribution is 2.36. The Bertz CT molecular complexity index is 1460. The summed E-state index contributed by atoms with van der Waals surface area (Å²) in [5.41, 5.74) is 2.68. The maximum absolute atomic E-state index is 13.1. The zero-order valence-corrected chi connectivity index (χ0v) is 22.7. The van der Waals surface area contributed by atoms with Crippen LogP contribution in [0.25, 0.3) is 16.6 Å². The minimum Gasteiger partial charge on any atom is -0.315 e. The molecule has 1 aliphatic rings. The number of nitrogens with one attached hydrogen (secondary N) is 2. The van der Waals surface area contributed by atoms with Crippen LogP contribution in [0.1, 0.15) is 43.2 Å². The molecule has 2 amide bonds. The fourth-order valence-corrected chi connectivity index (χ4v) is 5.44. The highest BCUT2D eigenvalue weighted by molar-refractivity contribution is 6.31. The number of nitrogens with zero attached hydrogens (tertiary/aromatic N) is 3. The summed E-state index contributed by atoms with van der Waals surface area (Å²) >= 11 is 5.66. The van der Waals surface area contributed by atoms with Crippen molar-refractivity contribution in [2.45, 2.75) is 44.7 Å². The molecule has 10 heteroatoms. The van der Waals surface area contributed by atoms with E-state index in [4.69, 9.17) is 11.6 Å². The van der Waals surface area contributed by atoms with Crippen LogP contribution in [-0.2, 0) is 12.6 Å². The number of rotatable bonds is 8. The Hall–Kier alpha value is -3.56. The first kappa shape index (κ1) is 28.0. The number of aromatic nitrogens is 2. The maximum atomic E-state index is 13.1. The Balaban J connectivity index is 1.23. The van der Waals surface area contributed by atoms with E-state index in [0.29, 0.717) is 5.69 Å². The molecule has 0 aliphatic carbocycles. The number of amides is 2. The van der Waals surface area contributed by atoms with E-state index in [9.17, 15) is 18.0 Å². The van der Waals surface area contributed by atoms with Gasteiger partial charge in [-0.2, -0.15) is 13.2 Å². The Morgan fingerprint density at radius 3 is 2.42 bits per heavy atom. The van der Waals surface area contributed by atoms with E-state index < -0.39 is 22.8 Å². The zero-order chi connectivity index (χ0) is 28.1. The van der Waals surface area contributed by atoms with Crippen LogP contribution < -0.4 is 10.6 Å². The number of aryl methyl sites for hydroxylation is 1. The topological polar surface area (TPSA) is 62.2 Å². The van der Waals surface area contributed by atoms with Gasteiger partial charge in [0.25, 0.3) is 0 Å². The molecule has 2 aromatic carbocycles. The van der Waals surface area contributed by atoms with Gasteiger partial charge < -0.3 is 20.1 Å². The second-order valence-electron chi connectivity index (χ2n) is 10.1. The van der Waals surface area contributed by atoms with Gasteiger partial charge in [-0.15, -0.1) is 0 Å². The van der Waals surface area contributed by atoms with Crippen molar-refractivity contribution >= 4 is 39.9 Å². The lowest BCUT2D eigenvalue weighted by Crippen LogP contribution is -2.30. The van der Waals surface area contributed by atoms with E-state index in [1.54, 1.807) is 12.1 Å². The van der Waals surface area contributed by atoms with Gasteiger partial charge in [0, 0.05) is 34.8 Å². The Labute approximate surface area is 236 Å². The molecule has 0 radical (unpaired) electrons. The predicted octanol–water partition coefficient (Wildman–Crippen LogP) is 8.15. The number of fused-ring (bicyclic) bond motifs is 1. The number of carbonyl (C=O) groups excluding carboxylic acids is 1. The summed E-state index contributed by atoms with van der Waals surface area (Å²) in [6.45, 7) is 3.60. The summed E-state index contributed by atoms with van der Waals surface area (Å²) in [4.78, 5) is 19.3. The number of carbonyl (C=O) groups is 1. The molecule has 0 bridgehead atoms. The molecule has 1 aliphatic heterocycles. The van der Waals surface area contributed by atoms with Gasteiger partial charge in [-0.05, 0) is 106 Å². The molecule has 4 aromatic rings. The van der Waals surface area contributed by atoms with Gasteiger partial charge in [-0.1, -0.05) is 18.0 Å². The molecule has 6 nitrogen and oxygen atoms in total. The minimum absolute atomic E-state index is 0.0133. The molecule has 0 spiro atoms. The van der Waals surface area contributed by atoms with Crippen LogP contribution in [0.4, 0.5) is 29.3 Å². The molecule has 0 atom stereocenters. The Kier molecular flexibility index (Phi) is 8.61. The van der Waals surface area contributed by atoms with Crippen LogP contribution in [0.15, 0.2) is 67.1 Å². The van der Waals surface area contributed by atoms with Crippen LogP contribution in [0.3, 0.4) is 0 Å². The third-order valence-electron chi connectivity index (χ3n) is 7.24. The first-order chi connectivity index (χ1) is 19.3. The molecule has 1 fully saturated rings. The largest absolute Gasteiger partial charge is 0.417 e. The van der Waals surface area contributed by atoms with Crippen LogP contribution in [0.2, 0.25) is 5.02 Å². The van der Waals surface area contributed by atoms with E-state index in [0.717, 1.165) is 42.7 Å². The van der Waals surface area contributed by atoms with E-state index in [1.165, 1.54) is 55.8 Å². The molecule has 210 valence electrons. The molecule has 5 rings (SSSR count). The second-order valence-corrected chi connectivity index (χ2v) is 10.5. The normalized spacial score (nSPS) is 14.4. The molecular weight excluding hydrogens is 539 g/mol. The third-order valence-corrected chi connectivity index (χ3v) is 7.57. The quantitative estimate of drug-likeness (QED) is 0.210. The van der Waals surface area contributed by atoms with Gasteiger partial charge in [0.1, 0.15) is 0 Å². The van der Waals surface area contributed by atoms with E-state index in [-0.39, 0.29) is 5.69 Å². The van der Waals surface area contributed by atoms with Crippen molar-refractivity contribution in [3.63, 3.8) is 0 Å². The number of alkyl halides is 3. The highest BCUT2D eigenvalue weighted by atomic mass is 35.5. The fourth-order valence-electron chi connectivity index (χ4n) is 5.21. The van der Waals surface area contributed by atoms with Crippen molar-refractivity contribution < 1.29 is 18.0 Å². The second kappa shape index (κ2) is 12.3. The lowest BCUT2D eigenvalue weighted by molar-refractivity contribution is -0.137. The predicted molar refractivity (Wildman–Crippen MR) is 153 cm³/mol. The van der Waals surface area contributed by atoms with Crippen molar-refractivity contribution in [3.05, 3.63) is 83.3 Å². The standard InChI is InChI=1S/C30H31ClF3N5O/c31-27-12-9-23(18-26(27)30(32,33)34)37-29(40)36-22-7-10-24(11-8-22)39-20-21(25-13-14-35-19-28(25)39)6-2-5-17-38-15-3-1-4-16-38/h7-14,18-20H,1-6,15-17H2,(H2,36,37,40). The molecular formula is C30H31ClF3N5O. The summed E-state index contributed by atoms with van der Waals surface area (Å²) in [7, 11) is 0. The summed E-state index contributed by atoms with van der Waals surface area (Å²) < 4.78 is 41.4. The number of piperidine rings is 1. The molecule has 40 heavy (non-hydrogen) atoms. The van der Waals surface area contributed by atoms with Crippen molar-refractivity contribution in [2.24, 2.45) is 0 Å². The van der Waals surface area contributed by atoms with Gasteiger partial charge in [0.2, 0.25) is 0 Å². The number of urea groups is 1. The summed E-state index contributed by atoms with van der Waals surface area (Å²) in [5.74, 6) is 0. The maximum Gasteiger partial charge on any atom is 0.417 e. The number of benzene rings is 2. The fraction of sp³-hybridized carbons (Fsp3) is 0.333. The van der Waals surface area contributed by atoms with Crippen molar-refractivity contribution in [2.75, 3.05) is 30.3 Å². The lowest BCUT2D eigenvalue weighted by atomic mass is 10.1. The number of unbranched alkanes of at least 4 members (excludes halogenated alkanes) is 1. The molecule has 0 unspecified atom stereocenters. The smallest absolute Gasteiger partial charge is 0.315 e. The van der Waals surface area contributed by atoms with Gasteiger partial charge in [0.15, 0.2) is 0 Å². The highest BCUT2D eigenvalue weighted by Gasteiger charge is 2.33. The number of hydrogen-bond donors (Lipinski definition) is 2. The summed E-state index contributed by atoms with van der Waals surface area (Å²) in [6, 6.07) is 11.9. The van der Waals surface area contributed by atoms with Crippen LogP contribution >= 0.6 is 11.6 Å². The zero-order valence-electron chi connectivity index (χ0n) is 22.0. The van der Waals surface area contributed by atoms with Crippen molar-refractivity contribution in [3.8, 4) is 5.69 Å². The summed E-state index contributed by atoms with van der Waals surface area (Å²) in [5, 5.41) is 5.83. The molecule has 1 saturated heterocycles. The monoisotopic (exact) mass is 569 g/mol. The first-order valence-corrected chi connectivity index (χ1v) is 13.9. The van der Waals surface area contributed by atoms with Gasteiger partial charge in [-0.25, -0.2) is 4.79 Å². The van der Waals surface area contributed by atoms with E-state index >= 15 is 0 Å². The minimum atomic E-state index is -4.62. The molecule has 2 aromatic heterocycles. The average molecular weight is 570 g/mol. The number of hydrogen-bond acceptors (Lipinski definition) is 3. The van der Waals surface area contributed by atoms with Crippen LogP contribution in [0, 0.1) is 0 Å². The average Bonchev–Trinajstić information content (AvgIpc) is 3.31. The Morgan fingerprint density at radius 2 is 1.68 bits per heavy atom. The van der Waals surface area contributed by atoms with Crippen LogP contribution in [-0.4, -0.2) is 40.1 Å². The Morgan fingerprint density at radius 1 is 0.950 bits per heavy atom. The van der Waals surface area contributed by atoms with Crippen molar-refractivity contribution in [1.82, 2.24) is 14.5 Å². The first-order valence-electron chi connectivity index (χ1n) is 13.5. The molecule has 0 saturated carbocycles. The summed E-state index contributed by atoms with van der Waals surface area (Å²) in [6.07, 6.45) is 8.46. The number of likely N-dealkylation sites (tertiary alicyclic amines) is 1. The molecule has 3 heterocycles. The van der Waals surface area contributed by atoms with Gasteiger partial charge >= 0.3 is 12.2 Å².